The average Bonchev–Trinajstić information content (AvgIpc) is 2.89. The van der Waals surface area contributed by atoms with Crippen molar-refractivity contribution in [3.05, 3.63) is 47.8 Å². The second-order valence-electron chi connectivity index (χ2n) is 4.25. The average molecular weight is 270 g/mol. The number of nitrogens with two attached hydrogens (primary N) is 1. The number of nitrogens with one attached hydrogen (secondary N) is 1. The lowest BCUT2D eigenvalue weighted by atomic mass is 10.2. The smallest absolute Gasteiger partial charge is 0.121 e. The number of hydrogen-bond acceptors (Lipinski definition) is 4. The van der Waals surface area contributed by atoms with Crippen LogP contribution in [0, 0.1) is 0 Å². The van der Waals surface area contributed by atoms with Crippen molar-refractivity contribution < 1.29 is 4.74 Å². The van der Waals surface area contributed by atoms with Gasteiger partial charge in [0.25, 0.3) is 0 Å². The molecule has 0 saturated carbocycles. The van der Waals surface area contributed by atoms with Crippen molar-refractivity contribution in [3.63, 3.8) is 0 Å². The number of nitrogen functional groups attached to an aromatic ring is 1. The summed E-state index contributed by atoms with van der Waals surface area (Å²) in [5.41, 5.74) is 8.54. The molecule has 0 aliphatic heterocycles. The van der Waals surface area contributed by atoms with Crippen LogP contribution in [0.1, 0.15) is 0 Å². The molecule has 0 unspecified atom stereocenters. The third-order valence-electron chi connectivity index (χ3n) is 2.99. The van der Waals surface area contributed by atoms with E-state index in [1.54, 1.807) is 18.4 Å². The third kappa shape index (κ3) is 2.35. The fourth-order valence-electron chi connectivity index (χ4n) is 1.97. The van der Waals surface area contributed by atoms with E-state index < -0.39 is 0 Å². The monoisotopic (exact) mass is 270 g/mol. The predicted octanol–water partition coefficient (Wildman–Crippen LogP) is 4.24. The second kappa shape index (κ2) is 4.82. The van der Waals surface area contributed by atoms with Crippen LogP contribution in [0.4, 0.5) is 17.1 Å². The summed E-state index contributed by atoms with van der Waals surface area (Å²) in [7, 11) is 1.65. The normalized spacial score (nSPS) is 10.6. The zero-order chi connectivity index (χ0) is 13.2. The highest BCUT2D eigenvalue weighted by atomic mass is 32.1. The molecule has 2 aromatic carbocycles. The Hall–Kier alpha value is -2.20. The topological polar surface area (TPSA) is 47.3 Å². The Morgan fingerprint density at radius 3 is 2.84 bits per heavy atom. The molecular weight excluding hydrogens is 256 g/mol. The highest BCUT2D eigenvalue weighted by Gasteiger charge is 2.03. The van der Waals surface area contributed by atoms with E-state index in [0.717, 1.165) is 17.1 Å². The van der Waals surface area contributed by atoms with E-state index in [1.165, 1.54) is 10.1 Å². The molecule has 1 aromatic heterocycles. The molecule has 0 atom stereocenters. The molecule has 1 heterocycles. The number of hydrogen-bond donors (Lipinski definition) is 2. The molecule has 4 heteroatoms. The second-order valence-corrected chi connectivity index (χ2v) is 5.20. The Morgan fingerprint density at radius 2 is 2.00 bits per heavy atom. The molecule has 0 amide bonds. The van der Waals surface area contributed by atoms with E-state index in [-0.39, 0.29) is 0 Å². The molecule has 3 nitrogen and oxygen atoms in total. The van der Waals surface area contributed by atoms with E-state index in [2.05, 4.69) is 35.0 Å². The Bertz CT molecular complexity index is 721. The van der Waals surface area contributed by atoms with Gasteiger partial charge in [-0.2, -0.15) is 0 Å². The largest absolute Gasteiger partial charge is 0.497 e. The van der Waals surface area contributed by atoms with E-state index in [1.807, 2.05) is 18.2 Å². The quantitative estimate of drug-likeness (QED) is 0.700. The first kappa shape index (κ1) is 11.9. The SMILES string of the molecule is COc1ccc(N)c(Nc2ccc3sccc3c2)c1. The lowest BCUT2D eigenvalue weighted by molar-refractivity contribution is 0.415. The van der Waals surface area contributed by atoms with Crippen LogP contribution in [-0.2, 0) is 0 Å². The minimum absolute atomic E-state index is 0.700. The molecule has 0 spiro atoms. The first-order chi connectivity index (χ1) is 9.26. The van der Waals surface area contributed by atoms with Crippen molar-refractivity contribution in [2.45, 2.75) is 0 Å². The van der Waals surface area contributed by atoms with Gasteiger partial charge in [0.15, 0.2) is 0 Å². The molecule has 0 aliphatic rings. The van der Waals surface area contributed by atoms with Crippen molar-refractivity contribution in [2.24, 2.45) is 0 Å². The summed E-state index contributed by atoms with van der Waals surface area (Å²) in [5, 5.41) is 6.65. The molecule has 96 valence electrons. The molecule has 3 rings (SSSR count). The van der Waals surface area contributed by atoms with Crippen LogP contribution in [0.2, 0.25) is 0 Å². The third-order valence-corrected chi connectivity index (χ3v) is 3.89. The van der Waals surface area contributed by atoms with Gasteiger partial charge in [0.2, 0.25) is 0 Å². The molecule has 0 aliphatic carbocycles. The highest BCUT2D eigenvalue weighted by Crippen LogP contribution is 2.30. The fraction of sp³-hybridized carbons (Fsp3) is 0.0667. The molecule has 0 fully saturated rings. The van der Waals surface area contributed by atoms with Crippen LogP contribution < -0.4 is 15.8 Å². The number of thiophene rings is 1. The summed E-state index contributed by atoms with van der Waals surface area (Å²) in [5.74, 6) is 0.785. The zero-order valence-corrected chi connectivity index (χ0v) is 11.3. The number of methoxy groups -OCH3 is 1. The Kier molecular flexibility index (Phi) is 3.01. The summed E-state index contributed by atoms with van der Waals surface area (Å²) in [6.45, 7) is 0. The summed E-state index contributed by atoms with van der Waals surface area (Å²) in [4.78, 5) is 0. The molecule has 3 N–H and O–H groups in total. The van der Waals surface area contributed by atoms with Crippen LogP contribution in [0.15, 0.2) is 47.8 Å². The van der Waals surface area contributed by atoms with Gasteiger partial charge >= 0.3 is 0 Å². The van der Waals surface area contributed by atoms with Gasteiger partial charge in [-0.3, -0.25) is 0 Å². The first-order valence-corrected chi connectivity index (χ1v) is 6.82. The fourth-order valence-corrected chi connectivity index (χ4v) is 2.74. The van der Waals surface area contributed by atoms with Gasteiger partial charge in [-0.15, -0.1) is 11.3 Å². The Labute approximate surface area is 115 Å². The number of anilines is 3. The highest BCUT2D eigenvalue weighted by molar-refractivity contribution is 7.17. The van der Waals surface area contributed by atoms with Crippen molar-refractivity contribution in [3.8, 4) is 5.75 Å². The number of rotatable bonds is 3. The van der Waals surface area contributed by atoms with Gasteiger partial charge in [0.05, 0.1) is 18.5 Å². The maximum atomic E-state index is 5.97. The number of fused-ring (bicyclic) bond motifs is 1. The van der Waals surface area contributed by atoms with Crippen molar-refractivity contribution in [1.82, 2.24) is 0 Å². The van der Waals surface area contributed by atoms with Gasteiger partial charge < -0.3 is 15.8 Å². The van der Waals surface area contributed by atoms with Gasteiger partial charge in [0.1, 0.15) is 5.75 Å². The zero-order valence-electron chi connectivity index (χ0n) is 10.5. The van der Waals surface area contributed by atoms with Crippen LogP contribution in [0.25, 0.3) is 10.1 Å². The van der Waals surface area contributed by atoms with E-state index in [9.17, 15) is 0 Å². The van der Waals surface area contributed by atoms with Gasteiger partial charge in [-0.05, 0) is 47.2 Å². The summed E-state index contributed by atoms with van der Waals surface area (Å²) in [6.07, 6.45) is 0. The first-order valence-electron chi connectivity index (χ1n) is 5.94. The van der Waals surface area contributed by atoms with E-state index in [4.69, 9.17) is 10.5 Å². The maximum absolute atomic E-state index is 5.97. The Morgan fingerprint density at radius 1 is 1.11 bits per heavy atom. The lowest BCUT2D eigenvalue weighted by Crippen LogP contribution is -1.97. The van der Waals surface area contributed by atoms with Crippen molar-refractivity contribution in [2.75, 3.05) is 18.2 Å². The number of benzene rings is 2. The van der Waals surface area contributed by atoms with Crippen molar-refractivity contribution in [1.29, 1.82) is 0 Å². The summed E-state index contributed by atoms with van der Waals surface area (Å²) in [6, 6.07) is 14.0. The van der Waals surface area contributed by atoms with Gasteiger partial charge in [0, 0.05) is 16.5 Å². The molecule has 0 saturated heterocycles. The lowest BCUT2D eigenvalue weighted by Gasteiger charge is -2.11. The standard InChI is InChI=1S/C15H14N2OS/c1-18-12-3-4-13(16)14(9-12)17-11-2-5-15-10(8-11)6-7-19-15/h2-9,17H,16H2,1H3. The number of ether oxygens (including phenoxy) is 1. The van der Waals surface area contributed by atoms with Gasteiger partial charge in [-0.1, -0.05) is 0 Å². The minimum Gasteiger partial charge on any atom is -0.497 e. The summed E-state index contributed by atoms with van der Waals surface area (Å²) >= 11 is 1.74. The maximum Gasteiger partial charge on any atom is 0.121 e. The van der Waals surface area contributed by atoms with Crippen LogP contribution in [-0.4, -0.2) is 7.11 Å². The molecular formula is C15H14N2OS. The van der Waals surface area contributed by atoms with Crippen LogP contribution in [0.5, 0.6) is 5.75 Å². The minimum atomic E-state index is 0.700. The molecule has 0 bridgehead atoms. The Balaban J connectivity index is 1.95. The van der Waals surface area contributed by atoms with Crippen molar-refractivity contribution >= 4 is 38.5 Å². The molecule has 3 aromatic rings. The van der Waals surface area contributed by atoms with E-state index in [0.29, 0.717) is 5.69 Å². The molecule has 0 radical (unpaired) electrons. The van der Waals surface area contributed by atoms with Gasteiger partial charge in [-0.25, -0.2) is 0 Å². The van der Waals surface area contributed by atoms with Crippen LogP contribution in [0.3, 0.4) is 0 Å². The van der Waals surface area contributed by atoms with E-state index >= 15 is 0 Å². The predicted molar refractivity (Wildman–Crippen MR) is 82.5 cm³/mol. The van der Waals surface area contributed by atoms with Crippen LogP contribution >= 0.6 is 11.3 Å². The molecule has 19 heavy (non-hydrogen) atoms. The summed E-state index contributed by atoms with van der Waals surface area (Å²) < 4.78 is 6.49.